The molecule has 0 radical (unpaired) electrons. The van der Waals surface area contributed by atoms with Crippen molar-refractivity contribution < 1.29 is 4.74 Å². The Kier molecular flexibility index (Phi) is 7.67. The Morgan fingerprint density at radius 2 is 1.44 bits per heavy atom. The van der Waals surface area contributed by atoms with Crippen molar-refractivity contribution in [3.8, 4) is 0 Å². The predicted octanol–water partition coefficient (Wildman–Crippen LogP) is 7.24. The topological polar surface area (TPSA) is 9.23 Å². The van der Waals surface area contributed by atoms with Crippen LogP contribution >= 0.6 is 11.6 Å². The Bertz CT molecular complexity index is 481. The van der Waals surface area contributed by atoms with Crippen molar-refractivity contribution in [2.24, 2.45) is 17.8 Å². The number of benzene rings is 1. The van der Waals surface area contributed by atoms with Gasteiger partial charge in [0.05, 0.1) is 0 Å². The van der Waals surface area contributed by atoms with E-state index in [0.717, 1.165) is 48.3 Å². The lowest BCUT2D eigenvalue weighted by atomic mass is 9.68. The molecule has 25 heavy (non-hydrogen) atoms. The molecule has 0 aromatic heterocycles. The van der Waals surface area contributed by atoms with Crippen LogP contribution in [0.1, 0.15) is 82.6 Å². The molecule has 0 heterocycles. The number of ether oxygens (including phenoxy) is 1. The summed E-state index contributed by atoms with van der Waals surface area (Å²) in [6.07, 6.45) is 13.9. The Balaban J connectivity index is 1.37. The van der Waals surface area contributed by atoms with E-state index >= 15 is 0 Å². The highest BCUT2D eigenvalue weighted by atomic mass is 35.5. The molecule has 0 N–H and O–H groups in total. The van der Waals surface area contributed by atoms with Gasteiger partial charge in [-0.25, -0.2) is 0 Å². The maximum Gasteiger partial charge on any atom is 0.0468 e. The van der Waals surface area contributed by atoms with Crippen LogP contribution < -0.4 is 0 Å². The van der Waals surface area contributed by atoms with E-state index in [-0.39, 0.29) is 0 Å². The lowest BCUT2D eigenvalue weighted by Gasteiger charge is -2.38. The van der Waals surface area contributed by atoms with Crippen LogP contribution in [0, 0.1) is 17.8 Å². The first-order valence-corrected chi connectivity index (χ1v) is 11.0. The van der Waals surface area contributed by atoms with Gasteiger partial charge >= 0.3 is 0 Å². The lowest BCUT2D eigenvalue weighted by Crippen LogP contribution is -2.25. The van der Waals surface area contributed by atoms with Crippen molar-refractivity contribution in [1.82, 2.24) is 0 Å². The normalized spacial score (nSPS) is 30.3. The SMILES string of the molecule is CCCOCCC1CCC(C2CCC(c3ccc(Cl)cc3)CC2)CC1. The van der Waals surface area contributed by atoms with Gasteiger partial charge in [0, 0.05) is 18.2 Å². The molecule has 1 aromatic rings. The molecule has 2 heteroatoms. The highest BCUT2D eigenvalue weighted by Crippen LogP contribution is 2.44. The van der Waals surface area contributed by atoms with Crippen LogP contribution in [-0.2, 0) is 4.74 Å². The summed E-state index contributed by atoms with van der Waals surface area (Å²) in [6, 6.07) is 8.57. The van der Waals surface area contributed by atoms with Gasteiger partial charge in [-0.05, 0) is 92.7 Å². The molecule has 0 aliphatic heterocycles. The zero-order valence-electron chi connectivity index (χ0n) is 15.9. The highest BCUT2D eigenvalue weighted by Gasteiger charge is 2.31. The smallest absolute Gasteiger partial charge is 0.0468 e. The summed E-state index contributed by atoms with van der Waals surface area (Å²) < 4.78 is 5.68. The molecule has 0 unspecified atom stereocenters. The maximum atomic E-state index is 6.03. The molecule has 0 amide bonds. The first-order chi connectivity index (χ1) is 12.3. The summed E-state index contributed by atoms with van der Waals surface area (Å²) in [5.74, 6) is 3.68. The van der Waals surface area contributed by atoms with Crippen LogP contribution in [0.2, 0.25) is 5.02 Å². The summed E-state index contributed by atoms with van der Waals surface area (Å²) in [5.41, 5.74) is 1.50. The van der Waals surface area contributed by atoms with Gasteiger partial charge in [0.15, 0.2) is 0 Å². The van der Waals surface area contributed by atoms with Gasteiger partial charge in [0.1, 0.15) is 0 Å². The monoisotopic (exact) mass is 362 g/mol. The van der Waals surface area contributed by atoms with Gasteiger partial charge in [-0.15, -0.1) is 0 Å². The lowest BCUT2D eigenvalue weighted by molar-refractivity contribution is 0.100. The van der Waals surface area contributed by atoms with Crippen LogP contribution in [0.5, 0.6) is 0 Å². The zero-order valence-corrected chi connectivity index (χ0v) is 16.6. The Labute approximate surface area is 159 Å². The van der Waals surface area contributed by atoms with Crippen LogP contribution in [0.3, 0.4) is 0 Å². The number of hydrogen-bond donors (Lipinski definition) is 0. The van der Waals surface area contributed by atoms with Crippen molar-refractivity contribution >= 4 is 11.6 Å². The minimum atomic E-state index is 0.764. The van der Waals surface area contributed by atoms with Gasteiger partial charge in [-0.2, -0.15) is 0 Å². The van der Waals surface area contributed by atoms with Crippen LogP contribution in [-0.4, -0.2) is 13.2 Å². The van der Waals surface area contributed by atoms with Crippen molar-refractivity contribution in [3.05, 3.63) is 34.9 Å². The molecule has 3 rings (SSSR count). The summed E-state index contributed by atoms with van der Waals surface area (Å²) in [7, 11) is 0. The van der Waals surface area contributed by atoms with E-state index < -0.39 is 0 Å². The maximum absolute atomic E-state index is 6.03. The highest BCUT2D eigenvalue weighted by molar-refractivity contribution is 6.30. The van der Waals surface area contributed by atoms with E-state index in [9.17, 15) is 0 Å². The molecule has 0 saturated heterocycles. The van der Waals surface area contributed by atoms with Crippen molar-refractivity contribution in [3.63, 3.8) is 0 Å². The molecular weight excluding hydrogens is 328 g/mol. The predicted molar refractivity (Wildman–Crippen MR) is 107 cm³/mol. The summed E-state index contributed by atoms with van der Waals surface area (Å²) in [4.78, 5) is 0. The van der Waals surface area contributed by atoms with E-state index in [4.69, 9.17) is 16.3 Å². The second-order valence-corrected chi connectivity index (χ2v) is 8.78. The fourth-order valence-corrected chi connectivity index (χ4v) is 5.23. The average molecular weight is 363 g/mol. The third-order valence-electron chi connectivity index (χ3n) is 6.69. The third-order valence-corrected chi connectivity index (χ3v) is 6.94. The van der Waals surface area contributed by atoms with Gasteiger partial charge < -0.3 is 4.74 Å². The Morgan fingerprint density at radius 3 is 2.04 bits per heavy atom. The summed E-state index contributed by atoms with van der Waals surface area (Å²) in [5, 5.41) is 0.856. The molecule has 2 saturated carbocycles. The van der Waals surface area contributed by atoms with Crippen LogP contribution in [0.25, 0.3) is 0 Å². The molecule has 2 aliphatic carbocycles. The molecule has 0 atom stereocenters. The van der Waals surface area contributed by atoms with Crippen LogP contribution in [0.4, 0.5) is 0 Å². The molecule has 2 aliphatic rings. The quantitative estimate of drug-likeness (QED) is 0.464. The van der Waals surface area contributed by atoms with E-state index in [1.807, 2.05) is 0 Å². The fraction of sp³-hybridized carbons (Fsp3) is 0.739. The standard InChI is InChI=1S/C23H35ClO/c1-2-16-25-17-15-18-3-5-19(6-4-18)20-7-9-21(10-8-20)22-11-13-23(24)14-12-22/h11-14,18-21H,2-10,15-17H2,1H3. The van der Waals surface area contributed by atoms with Crippen molar-refractivity contribution in [2.75, 3.05) is 13.2 Å². The van der Waals surface area contributed by atoms with Crippen molar-refractivity contribution in [1.29, 1.82) is 0 Å². The summed E-state index contributed by atoms with van der Waals surface area (Å²) >= 11 is 6.03. The number of halogens is 1. The molecular formula is C23H35ClO. The minimum absolute atomic E-state index is 0.764. The molecule has 2 fully saturated rings. The zero-order chi connectivity index (χ0) is 17.5. The van der Waals surface area contributed by atoms with Gasteiger partial charge in [-0.3, -0.25) is 0 Å². The van der Waals surface area contributed by atoms with Crippen molar-refractivity contribution in [2.45, 2.75) is 77.0 Å². The van der Waals surface area contributed by atoms with E-state index in [2.05, 4.69) is 31.2 Å². The van der Waals surface area contributed by atoms with Gasteiger partial charge in [0.25, 0.3) is 0 Å². The number of rotatable bonds is 7. The van der Waals surface area contributed by atoms with E-state index in [1.165, 1.54) is 63.4 Å². The molecule has 0 bridgehead atoms. The fourth-order valence-electron chi connectivity index (χ4n) is 5.10. The van der Waals surface area contributed by atoms with E-state index in [0.29, 0.717) is 0 Å². The van der Waals surface area contributed by atoms with Crippen LogP contribution in [0.15, 0.2) is 24.3 Å². The molecule has 0 spiro atoms. The Morgan fingerprint density at radius 1 is 0.840 bits per heavy atom. The summed E-state index contributed by atoms with van der Waals surface area (Å²) in [6.45, 7) is 4.11. The average Bonchev–Trinajstić information content (AvgIpc) is 2.67. The minimum Gasteiger partial charge on any atom is -0.381 e. The number of hydrogen-bond acceptors (Lipinski definition) is 1. The molecule has 140 valence electrons. The largest absolute Gasteiger partial charge is 0.381 e. The van der Waals surface area contributed by atoms with Gasteiger partial charge in [-0.1, -0.05) is 43.5 Å². The second kappa shape index (κ2) is 9.97. The van der Waals surface area contributed by atoms with Gasteiger partial charge in [0.2, 0.25) is 0 Å². The molecule has 1 nitrogen and oxygen atoms in total. The third kappa shape index (κ3) is 5.73. The second-order valence-electron chi connectivity index (χ2n) is 8.35. The Hall–Kier alpha value is -0.530. The first kappa shape index (κ1) is 19.2. The first-order valence-electron chi connectivity index (χ1n) is 10.6. The van der Waals surface area contributed by atoms with E-state index in [1.54, 1.807) is 0 Å². The molecule has 1 aromatic carbocycles.